The molecule has 114 valence electrons. The van der Waals surface area contributed by atoms with E-state index in [0.29, 0.717) is 5.92 Å². The molecule has 0 bridgehead atoms. The number of rotatable bonds is 9. The van der Waals surface area contributed by atoms with Crippen LogP contribution in [-0.2, 0) is 12.8 Å². The molecule has 0 radical (unpaired) electrons. The zero-order valence-electron chi connectivity index (χ0n) is 13.0. The molecule has 0 aliphatic carbocycles. The van der Waals surface area contributed by atoms with E-state index in [2.05, 4.69) is 30.4 Å². The van der Waals surface area contributed by atoms with Crippen molar-refractivity contribution in [2.24, 2.45) is 5.92 Å². The van der Waals surface area contributed by atoms with Gasteiger partial charge >= 0.3 is 0 Å². The number of ether oxygens (including phenoxy) is 1. The maximum absolute atomic E-state index is 5.50. The quantitative estimate of drug-likeness (QED) is 0.714. The lowest BCUT2D eigenvalue weighted by Gasteiger charge is -2.17. The van der Waals surface area contributed by atoms with Gasteiger partial charge in [0.15, 0.2) is 0 Å². The summed E-state index contributed by atoms with van der Waals surface area (Å²) in [5.41, 5.74) is 1.34. The van der Waals surface area contributed by atoms with Gasteiger partial charge in [-0.05, 0) is 61.7 Å². The number of hydrogen-bond donors (Lipinski definition) is 1. The van der Waals surface area contributed by atoms with E-state index in [1.165, 1.54) is 5.56 Å². The Morgan fingerprint density at radius 3 is 2.57 bits per heavy atom. The second-order valence-corrected chi connectivity index (χ2v) is 5.41. The largest absolute Gasteiger partial charge is 0.497 e. The fourth-order valence-corrected chi connectivity index (χ4v) is 2.51. The highest BCUT2D eigenvalue weighted by molar-refractivity contribution is 5.27. The molecule has 2 aromatic rings. The Morgan fingerprint density at radius 1 is 1.14 bits per heavy atom. The van der Waals surface area contributed by atoms with Crippen LogP contribution in [0.5, 0.6) is 5.75 Å². The lowest BCUT2D eigenvalue weighted by atomic mass is 9.95. The smallest absolute Gasteiger partial charge is 0.118 e. The van der Waals surface area contributed by atoms with E-state index in [1.807, 2.05) is 18.2 Å². The summed E-state index contributed by atoms with van der Waals surface area (Å²) in [6.45, 7) is 4.27. The summed E-state index contributed by atoms with van der Waals surface area (Å²) in [4.78, 5) is 0. The maximum atomic E-state index is 5.50. The van der Waals surface area contributed by atoms with Gasteiger partial charge in [-0.25, -0.2) is 0 Å². The van der Waals surface area contributed by atoms with Gasteiger partial charge in [-0.15, -0.1) is 0 Å². The lowest BCUT2D eigenvalue weighted by Crippen LogP contribution is -2.26. The third-order valence-electron chi connectivity index (χ3n) is 3.61. The van der Waals surface area contributed by atoms with Crippen LogP contribution in [0.4, 0.5) is 0 Å². The fourth-order valence-electron chi connectivity index (χ4n) is 2.51. The number of benzene rings is 1. The molecular weight excluding hydrogens is 262 g/mol. The minimum atomic E-state index is 0.538. The van der Waals surface area contributed by atoms with Crippen LogP contribution in [0.2, 0.25) is 0 Å². The zero-order valence-corrected chi connectivity index (χ0v) is 13.0. The Bertz CT molecular complexity index is 490. The van der Waals surface area contributed by atoms with Crippen molar-refractivity contribution in [3.8, 4) is 5.75 Å². The van der Waals surface area contributed by atoms with Crippen LogP contribution in [0.15, 0.2) is 47.1 Å². The summed E-state index contributed by atoms with van der Waals surface area (Å²) in [5.74, 6) is 2.51. The van der Waals surface area contributed by atoms with Gasteiger partial charge in [0.2, 0.25) is 0 Å². The van der Waals surface area contributed by atoms with E-state index >= 15 is 0 Å². The zero-order chi connectivity index (χ0) is 14.9. The van der Waals surface area contributed by atoms with Crippen molar-refractivity contribution >= 4 is 0 Å². The molecule has 0 aliphatic heterocycles. The standard InChI is InChI=1S/C18H25NO2/c1-3-10-19-14-16(13-18-5-4-11-21-18)12-15-6-8-17(20-2)9-7-15/h4-9,11,16,19H,3,10,12-14H2,1-2H3. The maximum Gasteiger partial charge on any atom is 0.118 e. The van der Waals surface area contributed by atoms with E-state index < -0.39 is 0 Å². The van der Waals surface area contributed by atoms with E-state index in [4.69, 9.17) is 9.15 Å². The number of hydrogen-bond acceptors (Lipinski definition) is 3. The molecule has 1 aromatic heterocycles. The van der Waals surface area contributed by atoms with Crippen molar-refractivity contribution in [1.29, 1.82) is 0 Å². The summed E-state index contributed by atoms with van der Waals surface area (Å²) in [7, 11) is 1.70. The van der Waals surface area contributed by atoms with E-state index in [-0.39, 0.29) is 0 Å². The van der Waals surface area contributed by atoms with Crippen molar-refractivity contribution in [2.75, 3.05) is 20.2 Å². The van der Waals surface area contributed by atoms with Gasteiger partial charge in [-0.3, -0.25) is 0 Å². The number of nitrogens with one attached hydrogen (secondary N) is 1. The SMILES string of the molecule is CCCNCC(Cc1ccc(OC)cc1)Cc1ccco1. The monoisotopic (exact) mass is 287 g/mol. The highest BCUT2D eigenvalue weighted by atomic mass is 16.5. The van der Waals surface area contributed by atoms with Crippen LogP contribution in [0.3, 0.4) is 0 Å². The van der Waals surface area contributed by atoms with Crippen molar-refractivity contribution in [3.05, 3.63) is 54.0 Å². The van der Waals surface area contributed by atoms with Gasteiger partial charge in [-0.1, -0.05) is 19.1 Å². The summed E-state index contributed by atoms with van der Waals surface area (Å²) >= 11 is 0. The van der Waals surface area contributed by atoms with Crippen LogP contribution in [0, 0.1) is 5.92 Å². The average Bonchev–Trinajstić information content (AvgIpc) is 3.01. The minimum absolute atomic E-state index is 0.538. The third kappa shape index (κ3) is 5.27. The molecule has 3 heteroatoms. The molecule has 0 aliphatic rings. The van der Waals surface area contributed by atoms with E-state index in [9.17, 15) is 0 Å². The van der Waals surface area contributed by atoms with Gasteiger partial charge in [-0.2, -0.15) is 0 Å². The molecule has 0 saturated carbocycles. The second-order valence-electron chi connectivity index (χ2n) is 5.41. The molecule has 0 saturated heterocycles. The molecule has 1 N–H and O–H groups in total. The Kier molecular flexibility index (Phi) is 6.35. The van der Waals surface area contributed by atoms with E-state index in [1.54, 1.807) is 13.4 Å². The third-order valence-corrected chi connectivity index (χ3v) is 3.61. The molecule has 0 fully saturated rings. The first-order valence-corrected chi connectivity index (χ1v) is 7.67. The second kappa shape index (κ2) is 8.53. The Balaban J connectivity index is 1.96. The molecule has 1 atom stereocenters. The summed E-state index contributed by atoms with van der Waals surface area (Å²) in [5, 5.41) is 3.52. The number of furan rings is 1. The fraction of sp³-hybridized carbons (Fsp3) is 0.444. The number of methoxy groups -OCH3 is 1. The van der Waals surface area contributed by atoms with Crippen LogP contribution < -0.4 is 10.1 Å². The lowest BCUT2D eigenvalue weighted by molar-refractivity contribution is 0.410. The molecule has 1 heterocycles. The van der Waals surface area contributed by atoms with Crippen molar-refractivity contribution in [2.45, 2.75) is 26.2 Å². The molecule has 3 nitrogen and oxygen atoms in total. The summed E-state index contributed by atoms with van der Waals surface area (Å²) < 4.78 is 10.7. The Morgan fingerprint density at radius 2 is 1.95 bits per heavy atom. The first-order valence-electron chi connectivity index (χ1n) is 7.67. The van der Waals surface area contributed by atoms with E-state index in [0.717, 1.165) is 43.9 Å². The normalized spacial score (nSPS) is 12.3. The van der Waals surface area contributed by atoms with Crippen LogP contribution in [0.25, 0.3) is 0 Å². The molecule has 1 aromatic carbocycles. The van der Waals surface area contributed by atoms with Gasteiger partial charge in [0, 0.05) is 6.42 Å². The highest BCUT2D eigenvalue weighted by Gasteiger charge is 2.12. The van der Waals surface area contributed by atoms with Gasteiger partial charge in [0.25, 0.3) is 0 Å². The van der Waals surface area contributed by atoms with Crippen molar-refractivity contribution < 1.29 is 9.15 Å². The minimum Gasteiger partial charge on any atom is -0.497 e. The molecule has 1 unspecified atom stereocenters. The Labute approximate surface area is 127 Å². The summed E-state index contributed by atoms with van der Waals surface area (Å²) in [6.07, 6.45) is 4.92. The Hall–Kier alpha value is -1.74. The van der Waals surface area contributed by atoms with Gasteiger partial charge < -0.3 is 14.5 Å². The first kappa shape index (κ1) is 15.6. The molecular formula is C18H25NO2. The van der Waals surface area contributed by atoms with Crippen LogP contribution in [0.1, 0.15) is 24.7 Å². The van der Waals surface area contributed by atoms with Crippen LogP contribution in [-0.4, -0.2) is 20.2 Å². The van der Waals surface area contributed by atoms with Crippen LogP contribution >= 0.6 is 0 Å². The van der Waals surface area contributed by atoms with Crippen molar-refractivity contribution in [1.82, 2.24) is 5.32 Å². The summed E-state index contributed by atoms with van der Waals surface area (Å²) in [6, 6.07) is 12.4. The van der Waals surface area contributed by atoms with Crippen molar-refractivity contribution in [3.63, 3.8) is 0 Å². The predicted octanol–water partition coefficient (Wildman–Crippen LogP) is 3.69. The topological polar surface area (TPSA) is 34.4 Å². The van der Waals surface area contributed by atoms with Gasteiger partial charge in [0.05, 0.1) is 13.4 Å². The molecule has 0 amide bonds. The predicted molar refractivity (Wildman–Crippen MR) is 85.8 cm³/mol. The molecule has 21 heavy (non-hydrogen) atoms. The first-order chi connectivity index (χ1) is 10.3. The molecule has 2 rings (SSSR count). The average molecular weight is 287 g/mol. The molecule has 0 spiro atoms. The highest BCUT2D eigenvalue weighted by Crippen LogP contribution is 2.17. The van der Waals surface area contributed by atoms with Gasteiger partial charge in [0.1, 0.15) is 11.5 Å².